The molecule has 0 N–H and O–H groups in total. The van der Waals surface area contributed by atoms with Crippen molar-refractivity contribution in [2.24, 2.45) is 0 Å². The van der Waals surface area contributed by atoms with Crippen molar-refractivity contribution in [3.8, 4) is 5.75 Å². The second-order valence-electron chi connectivity index (χ2n) is 1.85. The highest BCUT2D eigenvalue weighted by Crippen LogP contribution is 2.35. The van der Waals surface area contributed by atoms with E-state index >= 15 is 0 Å². The summed E-state index contributed by atoms with van der Waals surface area (Å²) in [5.41, 5.74) is 0. The number of hydrogen-bond donors (Lipinski definition) is 0. The number of methoxy groups -OCH3 is 1. The van der Waals surface area contributed by atoms with Crippen molar-refractivity contribution in [2.45, 2.75) is 4.90 Å². The zero-order chi connectivity index (χ0) is 8.27. The fraction of sp³-hybridized carbons (Fsp3) is 0.143. The van der Waals surface area contributed by atoms with Gasteiger partial charge in [-0.25, -0.2) is 0 Å². The van der Waals surface area contributed by atoms with E-state index in [2.05, 4.69) is 0 Å². The Balaban J connectivity index is 3.13. The van der Waals surface area contributed by atoms with Crippen LogP contribution in [0.5, 0.6) is 5.75 Å². The van der Waals surface area contributed by atoms with Crippen LogP contribution < -0.4 is 4.74 Å². The molecule has 0 spiro atoms. The van der Waals surface area contributed by atoms with Gasteiger partial charge >= 0.3 is 0 Å². The summed E-state index contributed by atoms with van der Waals surface area (Å²) >= 11 is 5.76. The normalized spacial score (nSPS) is 9.73. The standard InChI is InChI=1S/C7H6ClFOS/c1-10-6-4-2-3-5(8)7(6)11-9/h2-4H,1H3. The van der Waals surface area contributed by atoms with Gasteiger partial charge in [-0.15, -0.1) is 0 Å². The Labute approximate surface area is 73.8 Å². The van der Waals surface area contributed by atoms with Crippen LogP contribution in [0.2, 0.25) is 5.02 Å². The molecule has 0 heterocycles. The van der Waals surface area contributed by atoms with E-state index in [0.29, 0.717) is 15.7 Å². The van der Waals surface area contributed by atoms with Gasteiger partial charge in [-0.1, -0.05) is 17.7 Å². The van der Waals surface area contributed by atoms with Crippen molar-refractivity contribution >= 4 is 23.7 Å². The van der Waals surface area contributed by atoms with Gasteiger partial charge in [0.2, 0.25) is 0 Å². The van der Waals surface area contributed by atoms with Crippen LogP contribution in [0.15, 0.2) is 23.1 Å². The molecule has 0 saturated heterocycles. The van der Waals surface area contributed by atoms with Gasteiger partial charge in [0.25, 0.3) is 0 Å². The zero-order valence-corrected chi connectivity index (χ0v) is 7.38. The smallest absolute Gasteiger partial charge is 0.136 e. The molecule has 0 atom stereocenters. The Morgan fingerprint density at radius 3 is 2.73 bits per heavy atom. The van der Waals surface area contributed by atoms with Gasteiger partial charge in [0, 0.05) is 0 Å². The predicted molar refractivity (Wildman–Crippen MR) is 45.0 cm³/mol. The second-order valence-corrected chi connectivity index (χ2v) is 2.82. The molecule has 1 nitrogen and oxygen atoms in total. The van der Waals surface area contributed by atoms with Crippen LogP contribution >= 0.6 is 23.7 Å². The molecule has 0 aliphatic rings. The van der Waals surface area contributed by atoms with Crippen LogP contribution in [0.25, 0.3) is 0 Å². The molecule has 1 aromatic carbocycles. The van der Waals surface area contributed by atoms with E-state index in [-0.39, 0.29) is 12.1 Å². The van der Waals surface area contributed by atoms with Gasteiger partial charge in [0.1, 0.15) is 10.6 Å². The molecule has 0 aliphatic carbocycles. The maximum absolute atomic E-state index is 12.2. The third-order valence-electron chi connectivity index (χ3n) is 1.23. The van der Waals surface area contributed by atoms with Crippen molar-refractivity contribution in [3.05, 3.63) is 23.2 Å². The second kappa shape index (κ2) is 3.83. The largest absolute Gasteiger partial charge is 0.495 e. The van der Waals surface area contributed by atoms with Gasteiger partial charge < -0.3 is 4.74 Å². The molecule has 0 aliphatic heterocycles. The molecule has 1 rings (SSSR count). The lowest BCUT2D eigenvalue weighted by molar-refractivity contribution is 0.404. The van der Waals surface area contributed by atoms with Crippen LogP contribution in [0.3, 0.4) is 0 Å². The van der Waals surface area contributed by atoms with Crippen molar-refractivity contribution < 1.29 is 8.62 Å². The lowest BCUT2D eigenvalue weighted by Gasteiger charge is -2.04. The van der Waals surface area contributed by atoms with Crippen LogP contribution in [0, 0.1) is 0 Å². The predicted octanol–water partition coefficient (Wildman–Crippen LogP) is 3.33. The molecule has 11 heavy (non-hydrogen) atoms. The summed E-state index contributed by atoms with van der Waals surface area (Å²) in [6.07, 6.45) is 0. The number of ether oxygens (including phenoxy) is 1. The molecular formula is C7H6ClFOS. The minimum absolute atomic E-state index is 0.0897. The van der Waals surface area contributed by atoms with Crippen molar-refractivity contribution in [3.63, 3.8) is 0 Å². The van der Waals surface area contributed by atoms with Crippen LogP contribution in [0.4, 0.5) is 3.89 Å². The van der Waals surface area contributed by atoms with Crippen LogP contribution in [0.1, 0.15) is 0 Å². The lowest BCUT2D eigenvalue weighted by atomic mass is 10.3. The Kier molecular flexibility index (Phi) is 3.02. The minimum atomic E-state index is 0.0897. The molecule has 0 radical (unpaired) electrons. The number of hydrogen-bond acceptors (Lipinski definition) is 2. The van der Waals surface area contributed by atoms with E-state index in [1.165, 1.54) is 7.11 Å². The summed E-state index contributed by atoms with van der Waals surface area (Å²) in [7, 11) is 1.48. The summed E-state index contributed by atoms with van der Waals surface area (Å²) < 4.78 is 17.1. The quantitative estimate of drug-likeness (QED) is 0.711. The maximum Gasteiger partial charge on any atom is 0.136 e. The van der Waals surface area contributed by atoms with E-state index in [4.69, 9.17) is 16.3 Å². The highest BCUT2D eigenvalue weighted by atomic mass is 35.5. The third-order valence-corrected chi connectivity index (χ3v) is 2.23. The van der Waals surface area contributed by atoms with E-state index in [1.54, 1.807) is 18.2 Å². The first-order valence-corrected chi connectivity index (χ1v) is 4.00. The summed E-state index contributed by atoms with van der Waals surface area (Å²) in [5, 5.41) is 0.372. The van der Waals surface area contributed by atoms with E-state index < -0.39 is 0 Å². The molecule has 0 amide bonds. The monoisotopic (exact) mass is 192 g/mol. The van der Waals surface area contributed by atoms with Gasteiger partial charge in [-0.05, 0) is 12.1 Å². The zero-order valence-electron chi connectivity index (χ0n) is 5.80. The van der Waals surface area contributed by atoms with Gasteiger partial charge in [-0.2, -0.15) is 3.89 Å². The molecule has 0 aromatic heterocycles. The Bertz CT molecular complexity index is 254. The highest BCUT2D eigenvalue weighted by molar-refractivity contribution is 7.94. The molecule has 4 heteroatoms. The first kappa shape index (κ1) is 8.68. The first-order valence-electron chi connectivity index (χ1n) is 2.90. The lowest BCUT2D eigenvalue weighted by Crippen LogP contribution is -1.84. The molecule has 1 aromatic rings. The molecule has 0 bridgehead atoms. The Hall–Kier alpha value is -0.410. The van der Waals surface area contributed by atoms with Crippen molar-refractivity contribution in [2.75, 3.05) is 7.11 Å². The number of benzene rings is 1. The third kappa shape index (κ3) is 1.79. The SMILES string of the molecule is COc1cccc(Cl)c1SF. The minimum Gasteiger partial charge on any atom is -0.495 e. The maximum atomic E-state index is 12.2. The van der Waals surface area contributed by atoms with Gasteiger partial charge in [0.05, 0.1) is 24.3 Å². The van der Waals surface area contributed by atoms with Crippen LogP contribution in [-0.2, 0) is 0 Å². The molecule has 0 unspecified atom stereocenters. The summed E-state index contributed by atoms with van der Waals surface area (Å²) in [4.78, 5) is 0.330. The van der Waals surface area contributed by atoms with Gasteiger partial charge in [-0.3, -0.25) is 0 Å². The number of rotatable bonds is 2. The molecule has 0 fully saturated rings. The molecule has 60 valence electrons. The fourth-order valence-electron chi connectivity index (χ4n) is 0.725. The van der Waals surface area contributed by atoms with Crippen molar-refractivity contribution in [1.82, 2.24) is 0 Å². The molecule has 0 saturated carbocycles. The van der Waals surface area contributed by atoms with E-state index in [0.717, 1.165) is 0 Å². The summed E-state index contributed by atoms with van der Waals surface area (Å²) in [6, 6.07) is 4.99. The van der Waals surface area contributed by atoms with Crippen molar-refractivity contribution in [1.29, 1.82) is 0 Å². The fourth-order valence-corrected chi connectivity index (χ4v) is 1.35. The van der Waals surface area contributed by atoms with Crippen LogP contribution in [-0.4, -0.2) is 7.11 Å². The topological polar surface area (TPSA) is 9.23 Å². The van der Waals surface area contributed by atoms with E-state index in [9.17, 15) is 3.89 Å². The summed E-state index contributed by atoms with van der Waals surface area (Å²) in [5.74, 6) is 0.463. The Morgan fingerprint density at radius 1 is 1.55 bits per heavy atom. The summed E-state index contributed by atoms with van der Waals surface area (Å²) in [6.45, 7) is 0. The average molecular weight is 193 g/mol. The number of halogens is 2. The van der Waals surface area contributed by atoms with E-state index in [1.807, 2.05) is 0 Å². The molecular weight excluding hydrogens is 187 g/mol. The Morgan fingerprint density at radius 2 is 2.27 bits per heavy atom. The van der Waals surface area contributed by atoms with Gasteiger partial charge in [0.15, 0.2) is 0 Å². The average Bonchev–Trinajstić information content (AvgIpc) is 2.04. The first-order chi connectivity index (χ1) is 5.29. The highest BCUT2D eigenvalue weighted by Gasteiger charge is 2.07.